The third-order valence-electron chi connectivity index (χ3n) is 3.35. The van der Waals surface area contributed by atoms with Gasteiger partial charge in [0.1, 0.15) is 6.54 Å². The molecule has 0 aliphatic rings. The van der Waals surface area contributed by atoms with Gasteiger partial charge in [0.2, 0.25) is 15.9 Å². The molecule has 0 unspecified atom stereocenters. The van der Waals surface area contributed by atoms with Crippen LogP contribution in [0.3, 0.4) is 0 Å². The van der Waals surface area contributed by atoms with Gasteiger partial charge < -0.3 is 5.32 Å². The summed E-state index contributed by atoms with van der Waals surface area (Å²) in [6.45, 7) is -0.315. The minimum atomic E-state index is -3.80. The highest BCUT2D eigenvalue weighted by atomic mass is 32.2. The molecule has 0 saturated heterocycles. The second-order valence-electron chi connectivity index (χ2n) is 5.26. The lowest BCUT2D eigenvalue weighted by atomic mass is 10.3. The molecule has 3 aromatic rings. The van der Waals surface area contributed by atoms with Crippen LogP contribution in [0.25, 0.3) is 5.82 Å². The predicted octanol–water partition coefficient (Wildman–Crippen LogP) is -0.285. The summed E-state index contributed by atoms with van der Waals surface area (Å²) in [5, 5.41) is 15.7. The van der Waals surface area contributed by atoms with Gasteiger partial charge >= 0.3 is 0 Å². The summed E-state index contributed by atoms with van der Waals surface area (Å²) in [5.41, 5.74) is -0.0840. The lowest BCUT2D eigenvalue weighted by Crippen LogP contribution is -2.30. The molecule has 0 radical (unpaired) electrons. The van der Waals surface area contributed by atoms with E-state index in [9.17, 15) is 18.0 Å². The average Bonchev–Trinajstić information content (AvgIpc) is 3.11. The minimum Gasteiger partial charge on any atom is -0.324 e. The van der Waals surface area contributed by atoms with Crippen molar-refractivity contribution in [2.45, 2.75) is 11.4 Å². The largest absolute Gasteiger partial charge is 0.324 e. The first kappa shape index (κ1) is 17.5. The van der Waals surface area contributed by atoms with Crippen LogP contribution in [0.4, 0.5) is 5.69 Å². The van der Waals surface area contributed by atoms with E-state index < -0.39 is 21.5 Å². The predicted molar refractivity (Wildman–Crippen MR) is 92.1 cm³/mol. The molecule has 3 N–H and O–H groups in total. The van der Waals surface area contributed by atoms with Gasteiger partial charge in [-0.3, -0.25) is 9.59 Å². The molecule has 3 rings (SSSR count). The van der Waals surface area contributed by atoms with E-state index >= 15 is 0 Å². The molecule has 0 bridgehead atoms. The minimum absolute atomic E-state index is 0.0692. The molecule has 0 fully saturated rings. The quantitative estimate of drug-likeness (QED) is 0.629. The Morgan fingerprint density at radius 3 is 2.50 bits per heavy atom. The van der Waals surface area contributed by atoms with E-state index in [0.717, 1.165) is 4.68 Å². The van der Waals surface area contributed by atoms with Gasteiger partial charge in [-0.25, -0.2) is 22.9 Å². The third kappa shape index (κ3) is 4.02. The number of carbonyl (C=O) groups is 1. The van der Waals surface area contributed by atoms with Gasteiger partial charge in [0.25, 0.3) is 5.56 Å². The number of amides is 1. The van der Waals surface area contributed by atoms with E-state index in [2.05, 4.69) is 15.5 Å². The van der Waals surface area contributed by atoms with E-state index in [1.807, 2.05) is 0 Å². The fourth-order valence-corrected chi connectivity index (χ4v) is 2.66. The standard InChI is InChI=1S/C15H14N6O4S/c16-26(24,25)12-4-2-11(3-5-12)18-14(22)10-21-15(23)7-6-13(19-21)20-9-1-8-17-20/h1-9H,10H2,(H,18,22)(H2,16,24,25). The number of sulfonamides is 1. The summed E-state index contributed by atoms with van der Waals surface area (Å²) in [7, 11) is -3.80. The zero-order valence-corrected chi connectivity index (χ0v) is 14.1. The molecule has 0 spiro atoms. The first-order valence-electron chi connectivity index (χ1n) is 7.34. The van der Waals surface area contributed by atoms with Crippen molar-refractivity contribution in [2.24, 2.45) is 5.14 Å². The van der Waals surface area contributed by atoms with Gasteiger partial charge in [0.05, 0.1) is 4.90 Å². The van der Waals surface area contributed by atoms with Crippen LogP contribution < -0.4 is 16.0 Å². The van der Waals surface area contributed by atoms with Crippen LogP contribution in [0.5, 0.6) is 0 Å². The number of primary sulfonamides is 1. The SMILES string of the molecule is NS(=O)(=O)c1ccc(NC(=O)Cn2nc(-n3cccn3)ccc2=O)cc1. The van der Waals surface area contributed by atoms with Crippen molar-refractivity contribution in [2.75, 3.05) is 5.32 Å². The molecule has 0 saturated carbocycles. The van der Waals surface area contributed by atoms with Gasteiger partial charge in [0.15, 0.2) is 5.82 Å². The zero-order valence-electron chi connectivity index (χ0n) is 13.3. The highest BCUT2D eigenvalue weighted by molar-refractivity contribution is 7.89. The monoisotopic (exact) mass is 374 g/mol. The summed E-state index contributed by atoms with van der Waals surface area (Å²) in [4.78, 5) is 24.0. The number of rotatable bonds is 5. The fraction of sp³-hybridized carbons (Fsp3) is 0.0667. The van der Waals surface area contributed by atoms with Crippen LogP contribution in [-0.2, 0) is 21.4 Å². The molecule has 1 aromatic carbocycles. The Bertz CT molecular complexity index is 1090. The average molecular weight is 374 g/mol. The van der Waals surface area contributed by atoms with Crippen LogP contribution in [0.1, 0.15) is 0 Å². The van der Waals surface area contributed by atoms with Crippen molar-refractivity contribution in [3.8, 4) is 5.82 Å². The molecule has 2 aromatic heterocycles. The second kappa shape index (κ2) is 6.90. The van der Waals surface area contributed by atoms with Crippen molar-refractivity contribution in [3.63, 3.8) is 0 Å². The van der Waals surface area contributed by atoms with Crippen LogP contribution >= 0.6 is 0 Å². The Morgan fingerprint density at radius 1 is 1.15 bits per heavy atom. The Kier molecular flexibility index (Phi) is 4.65. The smallest absolute Gasteiger partial charge is 0.267 e. The maximum absolute atomic E-state index is 12.1. The lowest BCUT2D eigenvalue weighted by Gasteiger charge is -2.08. The van der Waals surface area contributed by atoms with E-state index in [0.29, 0.717) is 11.5 Å². The van der Waals surface area contributed by atoms with Gasteiger partial charge in [0, 0.05) is 24.1 Å². The van der Waals surface area contributed by atoms with Crippen molar-refractivity contribution in [1.29, 1.82) is 0 Å². The molecule has 11 heteroatoms. The first-order chi connectivity index (χ1) is 12.3. The Labute approximate surface area is 147 Å². The third-order valence-corrected chi connectivity index (χ3v) is 4.28. The number of nitrogens with two attached hydrogens (primary N) is 1. The number of aromatic nitrogens is 4. The Balaban J connectivity index is 1.74. The van der Waals surface area contributed by atoms with Gasteiger partial charge in [-0.15, -0.1) is 5.10 Å². The normalized spacial score (nSPS) is 11.3. The van der Waals surface area contributed by atoms with Gasteiger partial charge in [-0.1, -0.05) is 0 Å². The molecule has 26 heavy (non-hydrogen) atoms. The molecule has 10 nitrogen and oxygen atoms in total. The Hall–Kier alpha value is -3.31. The summed E-state index contributed by atoms with van der Waals surface area (Å²) < 4.78 is 24.9. The van der Waals surface area contributed by atoms with Crippen molar-refractivity contribution in [3.05, 3.63) is 65.2 Å². The summed E-state index contributed by atoms with van der Waals surface area (Å²) in [6, 6.07) is 9.83. The molecular weight excluding hydrogens is 360 g/mol. The maximum atomic E-state index is 12.1. The lowest BCUT2D eigenvalue weighted by molar-refractivity contribution is -0.117. The summed E-state index contributed by atoms with van der Waals surface area (Å²) >= 11 is 0. The molecule has 134 valence electrons. The maximum Gasteiger partial charge on any atom is 0.267 e. The second-order valence-corrected chi connectivity index (χ2v) is 6.82. The summed E-state index contributed by atoms with van der Waals surface area (Å²) in [5.74, 6) is -0.111. The Morgan fingerprint density at radius 2 is 1.88 bits per heavy atom. The molecule has 0 atom stereocenters. The van der Waals surface area contributed by atoms with E-state index in [-0.39, 0.29) is 11.4 Å². The molecule has 0 aliphatic heterocycles. The van der Waals surface area contributed by atoms with Crippen LogP contribution in [0, 0.1) is 0 Å². The van der Waals surface area contributed by atoms with Gasteiger partial charge in [-0.2, -0.15) is 5.10 Å². The number of hydrogen-bond acceptors (Lipinski definition) is 6. The van der Waals surface area contributed by atoms with Crippen molar-refractivity contribution < 1.29 is 13.2 Å². The highest BCUT2D eigenvalue weighted by Gasteiger charge is 2.10. The number of anilines is 1. The number of benzene rings is 1. The molecule has 0 aliphatic carbocycles. The van der Waals surface area contributed by atoms with Crippen molar-refractivity contribution >= 4 is 21.6 Å². The van der Waals surface area contributed by atoms with E-state index in [1.54, 1.807) is 18.5 Å². The fourth-order valence-electron chi connectivity index (χ4n) is 2.14. The zero-order chi connectivity index (χ0) is 18.7. The number of nitrogens with one attached hydrogen (secondary N) is 1. The first-order valence-corrected chi connectivity index (χ1v) is 8.88. The number of carbonyl (C=O) groups excluding carboxylic acids is 1. The van der Waals surface area contributed by atoms with Gasteiger partial charge in [-0.05, 0) is 36.4 Å². The molecule has 2 heterocycles. The van der Waals surface area contributed by atoms with E-state index in [1.165, 1.54) is 41.1 Å². The highest BCUT2D eigenvalue weighted by Crippen LogP contribution is 2.12. The number of nitrogens with zero attached hydrogens (tertiary/aromatic N) is 4. The molecule has 1 amide bonds. The van der Waals surface area contributed by atoms with E-state index in [4.69, 9.17) is 5.14 Å². The van der Waals surface area contributed by atoms with Crippen LogP contribution in [0.2, 0.25) is 0 Å². The van der Waals surface area contributed by atoms with Crippen molar-refractivity contribution in [1.82, 2.24) is 19.6 Å². The van der Waals surface area contributed by atoms with Crippen LogP contribution in [0.15, 0.2) is 64.5 Å². The molecular formula is C15H14N6O4S. The van der Waals surface area contributed by atoms with Crippen LogP contribution in [-0.4, -0.2) is 33.9 Å². The topological polar surface area (TPSA) is 142 Å². The summed E-state index contributed by atoms with van der Waals surface area (Å²) in [6.07, 6.45) is 3.22. The number of hydrogen-bond donors (Lipinski definition) is 2.